The van der Waals surface area contributed by atoms with Crippen molar-refractivity contribution in [3.8, 4) is 0 Å². The number of amides is 1. The smallest absolute Gasteiger partial charge is 0.282 e. The maximum atomic E-state index is 13.3. The molecular formula is C23H38N4O3S. The van der Waals surface area contributed by atoms with Crippen LogP contribution in [-0.4, -0.2) is 71.7 Å². The van der Waals surface area contributed by atoms with Crippen molar-refractivity contribution < 1.29 is 13.2 Å². The number of carbonyl (C=O) groups excluding carboxylic acids is 1. The van der Waals surface area contributed by atoms with Crippen molar-refractivity contribution in [2.45, 2.75) is 70.8 Å². The third-order valence-corrected chi connectivity index (χ3v) is 9.44. The summed E-state index contributed by atoms with van der Waals surface area (Å²) in [4.78, 5) is 15.3. The van der Waals surface area contributed by atoms with Gasteiger partial charge in [0.05, 0.1) is 0 Å². The molecule has 4 rings (SSSR count). The molecule has 1 aromatic rings. The standard InChI is InChI=1S/C23H38N4O3S/c28-22(20-23(10-3-1-4-11-23)21-24-12-7-8-13-24)25-14-9-17-27(19-18-25)31(29,30)26-15-5-2-6-16-26/h7-8,12-13H,1-6,9-11,14-21H2. The van der Waals surface area contributed by atoms with Crippen LogP contribution < -0.4 is 0 Å². The highest BCUT2D eigenvalue weighted by Gasteiger charge is 2.37. The van der Waals surface area contributed by atoms with E-state index in [1.54, 1.807) is 8.61 Å². The number of aromatic nitrogens is 1. The zero-order valence-electron chi connectivity index (χ0n) is 18.8. The van der Waals surface area contributed by atoms with E-state index in [-0.39, 0.29) is 11.3 Å². The summed E-state index contributed by atoms with van der Waals surface area (Å²) in [6.07, 6.45) is 14.3. The summed E-state index contributed by atoms with van der Waals surface area (Å²) in [5.41, 5.74) is 0.0280. The summed E-state index contributed by atoms with van der Waals surface area (Å²) >= 11 is 0. The van der Waals surface area contributed by atoms with Crippen molar-refractivity contribution in [1.82, 2.24) is 18.1 Å². The van der Waals surface area contributed by atoms with E-state index in [9.17, 15) is 13.2 Å². The molecule has 1 amide bonds. The molecule has 2 saturated heterocycles. The Hall–Kier alpha value is -1.38. The Labute approximate surface area is 187 Å². The molecule has 1 aliphatic carbocycles. The molecule has 0 unspecified atom stereocenters. The zero-order valence-corrected chi connectivity index (χ0v) is 19.6. The first-order valence-corrected chi connectivity index (χ1v) is 13.5. The first-order chi connectivity index (χ1) is 15.0. The Morgan fingerprint density at radius 2 is 1.35 bits per heavy atom. The Kier molecular flexibility index (Phi) is 7.39. The van der Waals surface area contributed by atoms with Gasteiger partial charge in [-0.25, -0.2) is 0 Å². The molecule has 3 fully saturated rings. The van der Waals surface area contributed by atoms with Crippen molar-refractivity contribution in [3.05, 3.63) is 24.5 Å². The molecule has 7 nitrogen and oxygen atoms in total. The van der Waals surface area contributed by atoms with Crippen molar-refractivity contribution in [3.63, 3.8) is 0 Å². The summed E-state index contributed by atoms with van der Waals surface area (Å²) in [5, 5.41) is 0. The van der Waals surface area contributed by atoms with Crippen LogP contribution in [0.25, 0.3) is 0 Å². The lowest BCUT2D eigenvalue weighted by molar-refractivity contribution is -0.134. The molecule has 174 valence electrons. The predicted molar refractivity (Wildman–Crippen MR) is 122 cm³/mol. The van der Waals surface area contributed by atoms with Gasteiger partial charge in [-0.1, -0.05) is 25.7 Å². The van der Waals surface area contributed by atoms with Gasteiger partial charge in [-0.05, 0) is 49.7 Å². The average molecular weight is 451 g/mol. The van der Waals surface area contributed by atoms with Crippen LogP contribution in [0.15, 0.2) is 24.5 Å². The molecule has 0 aromatic carbocycles. The van der Waals surface area contributed by atoms with Crippen LogP contribution in [0.4, 0.5) is 0 Å². The average Bonchev–Trinajstić information content (AvgIpc) is 3.14. The van der Waals surface area contributed by atoms with Gasteiger partial charge >= 0.3 is 0 Å². The van der Waals surface area contributed by atoms with Crippen molar-refractivity contribution in [2.75, 3.05) is 39.3 Å². The molecule has 2 aliphatic heterocycles. The van der Waals surface area contributed by atoms with Crippen molar-refractivity contribution in [2.24, 2.45) is 5.41 Å². The number of nitrogens with zero attached hydrogens (tertiary/aromatic N) is 4. The van der Waals surface area contributed by atoms with E-state index in [1.807, 2.05) is 17.0 Å². The Morgan fingerprint density at radius 3 is 2.06 bits per heavy atom. The summed E-state index contributed by atoms with van der Waals surface area (Å²) in [6.45, 7) is 4.24. The van der Waals surface area contributed by atoms with Crippen LogP contribution in [0, 0.1) is 5.41 Å². The minimum Gasteiger partial charge on any atom is -0.354 e. The predicted octanol–water partition coefficient (Wildman–Crippen LogP) is 3.09. The highest BCUT2D eigenvalue weighted by atomic mass is 32.2. The highest BCUT2D eigenvalue weighted by molar-refractivity contribution is 7.86. The van der Waals surface area contributed by atoms with Crippen LogP contribution in [0.5, 0.6) is 0 Å². The van der Waals surface area contributed by atoms with Crippen LogP contribution in [-0.2, 0) is 21.5 Å². The SMILES string of the molecule is O=C(CC1(Cn2cccc2)CCCCC1)N1CCCN(S(=O)(=O)N2CCCCC2)CC1. The Morgan fingerprint density at radius 1 is 0.742 bits per heavy atom. The molecule has 31 heavy (non-hydrogen) atoms. The van der Waals surface area contributed by atoms with Crippen LogP contribution in [0.3, 0.4) is 0 Å². The van der Waals surface area contributed by atoms with Crippen LogP contribution >= 0.6 is 0 Å². The first-order valence-electron chi connectivity index (χ1n) is 12.1. The third-order valence-electron chi connectivity index (χ3n) is 7.40. The summed E-state index contributed by atoms with van der Waals surface area (Å²) in [5.74, 6) is 0.200. The number of hydrogen-bond acceptors (Lipinski definition) is 3. The molecule has 0 spiro atoms. The van der Waals surface area contributed by atoms with Gasteiger partial charge in [0.15, 0.2) is 0 Å². The monoisotopic (exact) mass is 450 g/mol. The normalized spacial score (nSPS) is 24.1. The van der Waals surface area contributed by atoms with Gasteiger partial charge in [-0.15, -0.1) is 0 Å². The Balaban J connectivity index is 1.38. The van der Waals surface area contributed by atoms with Crippen molar-refractivity contribution in [1.29, 1.82) is 0 Å². The molecule has 0 radical (unpaired) electrons. The van der Waals surface area contributed by atoms with Gasteiger partial charge in [-0.2, -0.15) is 17.0 Å². The van der Waals surface area contributed by atoms with Gasteiger partial charge in [0.25, 0.3) is 10.2 Å². The van der Waals surface area contributed by atoms with E-state index in [0.717, 1.165) is 38.6 Å². The quantitative estimate of drug-likeness (QED) is 0.669. The molecule has 0 atom stereocenters. The lowest BCUT2D eigenvalue weighted by Gasteiger charge is -2.38. The molecule has 3 heterocycles. The largest absolute Gasteiger partial charge is 0.354 e. The zero-order chi connectivity index (χ0) is 21.7. The van der Waals surface area contributed by atoms with Gasteiger partial charge in [0, 0.05) is 64.6 Å². The van der Waals surface area contributed by atoms with E-state index in [0.29, 0.717) is 52.1 Å². The molecular weight excluding hydrogens is 412 g/mol. The second kappa shape index (κ2) is 10.0. The number of rotatable bonds is 6. The number of piperidine rings is 1. The van der Waals surface area contributed by atoms with E-state index in [4.69, 9.17) is 0 Å². The van der Waals surface area contributed by atoms with E-state index in [1.165, 1.54) is 19.3 Å². The third kappa shape index (κ3) is 5.52. The van der Waals surface area contributed by atoms with Crippen LogP contribution in [0.1, 0.15) is 64.2 Å². The fourth-order valence-electron chi connectivity index (χ4n) is 5.62. The summed E-state index contributed by atoms with van der Waals surface area (Å²) in [7, 11) is -3.41. The van der Waals surface area contributed by atoms with Gasteiger partial charge in [0.1, 0.15) is 0 Å². The number of hydrogen-bond donors (Lipinski definition) is 0. The Bertz CT molecular complexity index is 812. The maximum Gasteiger partial charge on any atom is 0.282 e. The summed E-state index contributed by atoms with van der Waals surface area (Å²) < 4.78 is 31.6. The molecule has 0 N–H and O–H groups in total. The first kappa shape index (κ1) is 22.8. The van der Waals surface area contributed by atoms with E-state index < -0.39 is 10.2 Å². The minimum absolute atomic E-state index is 0.0280. The van der Waals surface area contributed by atoms with Gasteiger partial charge in [0.2, 0.25) is 5.91 Å². The lowest BCUT2D eigenvalue weighted by Crippen LogP contribution is -2.47. The lowest BCUT2D eigenvalue weighted by atomic mass is 9.71. The second-order valence-electron chi connectivity index (χ2n) is 9.69. The van der Waals surface area contributed by atoms with Gasteiger partial charge < -0.3 is 9.47 Å². The second-order valence-corrected chi connectivity index (χ2v) is 11.6. The van der Waals surface area contributed by atoms with Gasteiger partial charge in [-0.3, -0.25) is 4.79 Å². The summed E-state index contributed by atoms with van der Waals surface area (Å²) in [6, 6.07) is 4.09. The molecule has 3 aliphatic rings. The fraction of sp³-hybridized carbons (Fsp3) is 0.783. The molecule has 1 saturated carbocycles. The molecule has 8 heteroatoms. The fourth-order valence-corrected chi connectivity index (χ4v) is 7.34. The highest BCUT2D eigenvalue weighted by Crippen LogP contribution is 2.41. The van der Waals surface area contributed by atoms with Crippen molar-refractivity contribution >= 4 is 16.1 Å². The topological polar surface area (TPSA) is 65.9 Å². The number of carbonyl (C=O) groups is 1. The van der Waals surface area contributed by atoms with E-state index >= 15 is 0 Å². The van der Waals surface area contributed by atoms with Crippen LogP contribution in [0.2, 0.25) is 0 Å². The van der Waals surface area contributed by atoms with E-state index in [2.05, 4.69) is 17.0 Å². The molecule has 0 bridgehead atoms. The maximum absolute atomic E-state index is 13.3. The molecule has 1 aromatic heterocycles. The minimum atomic E-state index is -3.41.